The number of azide groups is 1. The smallest absolute Gasteiger partial charge is 0.308 e. The number of nitrogens with one attached hydrogen (secondary N) is 3. The summed E-state index contributed by atoms with van der Waals surface area (Å²) in [4.78, 5) is 49.1. The van der Waals surface area contributed by atoms with E-state index in [0.29, 0.717) is 73.1 Å². The lowest BCUT2D eigenvalue weighted by molar-refractivity contribution is -0.148. The Hall–Kier alpha value is -2.67. The quantitative estimate of drug-likeness (QED) is 0.00813. The molecule has 1 amide bonds. The maximum Gasteiger partial charge on any atom is 0.308 e. The summed E-state index contributed by atoms with van der Waals surface area (Å²) in [5, 5.41) is 13.3. The van der Waals surface area contributed by atoms with Gasteiger partial charge in [-0.1, -0.05) is 165 Å². The predicted octanol–water partition coefficient (Wildman–Crippen LogP) is 14.3. The maximum absolute atomic E-state index is 12.3. The first-order chi connectivity index (χ1) is 37.7. The van der Waals surface area contributed by atoms with E-state index in [2.05, 4.69) is 121 Å². The van der Waals surface area contributed by atoms with Gasteiger partial charge in [0.2, 0.25) is 0 Å². The number of hydrogen-bond donors (Lipinski definition) is 3. The minimum atomic E-state index is -0.858. The highest BCUT2D eigenvalue weighted by molar-refractivity contribution is 8.77. The van der Waals surface area contributed by atoms with Gasteiger partial charge in [0, 0.05) is 89.9 Å². The van der Waals surface area contributed by atoms with Crippen molar-refractivity contribution in [3.63, 3.8) is 0 Å². The Morgan fingerprint density at radius 1 is 0.700 bits per heavy atom. The number of amides is 1. The molecule has 0 radical (unpaired) electrons. The van der Waals surface area contributed by atoms with Gasteiger partial charge in [0.25, 0.3) is 5.91 Å². The second kappa shape index (κ2) is 54.3. The number of Topliss-reactive ketones (excluding diaryl/α,β-unsaturated/α-hetero) is 2. The van der Waals surface area contributed by atoms with Crippen molar-refractivity contribution in [3.05, 3.63) is 40.3 Å². The van der Waals surface area contributed by atoms with Gasteiger partial charge in [0.15, 0.2) is 12.0 Å². The lowest BCUT2D eigenvalue weighted by Crippen LogP contribution is -2.35. The molecule has 0 bridgehead atoms. The molecule has 464 valence electrons. The highest BCUT2D eigenvalue weighted by atomic mass is 33.1. The van der Waals surface area contributed by atoms with Gasteiger partial charge in [-0.3, -0.25) is 19.2 Å². The lowest BCUT2D eigenvalue weighted by atomic mass is 10.0. The molecule has 0 aliphatic heterocycles. The first-order valence-corrected chi connectivity index (χ1v) is 33.7. The van der Waals surface area contributed by atoms with Crippen LogP contribution < -0.4 is 20.7 Å². The van der Waals surface area contributed by atoms with E-state index >= 15 is 0 Å². The van der Waals surface area contributed by atoms with Crippen molar-refractivity contribution >= 4 is 66.6 Å². The van der Waals surface area contributed by atoms with Crippen molar-refractivity contribution in [1.82, 2.24) is 16.0 Å². The second-order valence-corrected chi connectivity index (χ2v) is 27.7. The zero-order chi connectivity index (χ0) is 61.2. The molecule has 0 aliphatic rings. The van der Waals surface area contributed by atoms with Crippen LogP contribution in [-0.2, 0) is 38.1 Å². The summed E-state index contributed by atoms with van der Waals surface area (Å²) in [6.07, 6.45) is 6.07. The third kappa shape index (κ3) is 58.5. The predicted molar refractivity (Wildman–Crippen MR) is 341 cm³/mol. The SMILES string of the molecule is CC(C)C#CCCC(C)C.CC(C)CCCNC(=O)c1cccc(OCC(N=[N+]=[N-])OCCOCC(=O)C(C)C)c1.CC(C)NCC(C)(C)SSCOCCOC(=O)C(C)C.CC(C)NCCSSCOCCCCC(=O)C(C)C. The summed E-state index contributed by atoms with van der Waals surface area (Å²) in [6, 6.07) is 7.85. The Morgan fingerprint density at radius 3 is 1.94 bits per heavy atom. The van der Waals surface area contributed by atoms with E-state index < -0.39 is 6.23 Å². The number of ether oxygens (including phenoxy) is 6. The molecule has 0 heterocycles. The van der Waals surface area contributed by atoms with Gasteiger partial charge < -0.3 is 44.4 Å². The first kappa shape index (κ1) is 81.5. The fourth-order valence-electron chi connectivity index (χ4n) is 5.59. The summed E-state index contributed by atoms with van der Waals surface area (Å²) in [5.74, 6) is 11.2. The number of ketones is 2. The van der Waals surface area contributed by atoms with E-state index in [0.717, 1.165) is 69.4 Å². The molecule has 0 spiro atoms. The molecular formula is C60H110N6O10S4. The summed E-state index contributed by atoms with van der Waals surface area (Å²) >= 11 is 0. The van der Waals surface area contributed by atoms with Gasteiger partial charge in [-0.2, -0.15) is 0 Å². The minimum absolute atomic E-state index is 0.0127. The Labute approximate surface area is 502 Å². The lowest BCUT2D eigenvalue weighted by Gasteiger charge is -2.24. The molecule has 3 N–H and O–H groups in total. The van der Waals surface area contributed by atoms with Gasteiger partial charge in [0.1, 0.15) is 43.2 Å². The molecule has 1 aromatic carbocycles. The zero-order valence-corrected chi connectivity index (χ0v) is 56.0. The molecule has 1 aromatic rings. The first-order valence-electron chi connectivity index (χ1n) is 28.9. The molecular weight excluding hydrogens is 1090 g/mol. The number of nitrogens with zero attached hydrogens (tertiary/aromatic N) is 3. The number of carbonyl (C=O) groups excluding carboxylic acids is 4. The van der Waals surface area contributed by atoms with E-state index in [1.54, 1.807) is 45.9 Å². The van der Waals surface area contributed by atoms with Crippen LogP contribution in [0.5, 0.6) is 5.75 Å². The fourth-order valence-corrected chi connectivity index (χ4v) is 9.35. The molecule has 0 saturated carbocycles. The average Bonchev–Trinajstić information content (AvgIpc) is 3.38. The van der Waals surface area contributed by atoms with Crippen LogP contribution in [0.15, 0.2) is 29.4 Å². The van der Waals surface area contributed by atoms with Crippen molar-refractivity contribution in [3.8, 4) is 17.6 Å². The molecule has 80 heavy (non-hydrogen) atoms. The summed E-state index contributed by atoms with van der Waals surface area (Å²) in [5.41, 5.74) is 9.21. The van der Waals surface area contributed by atoms with Gasteiger partial charge in [-0.15, -0.1) is 11.8 Å². The third-order valence-electron chi connectivity index (χ3n) is 10.4. The van der Waals surface area contributed by atoms with Crippen LogP contribution in [-0.4, -0.2) is 130 Å². The number of unbranched alkanes of at least 4 members (excludes halogenated alkanes) is 1. The highest BCUT2D eigenvalue weighted by Crippen LogP contribution is 2.35. The summed E-state index contributed by atoms with van der Waals surface area (Å²) in [6.45, 7) is 41.8. The summed E-state index contributed by atoms with van der Waals surface area (Å²) < 4.78 is 32.5. The van der Waals surface area contributed by atoms with Crippen molar-refractivity contribution in [1.29, 1.82) is 0 Å². The average molecular weight is 1200 g/mol. The molecule has 0 saturated heterocycles. The third-order valence-corrected chi connectivity index (χ3v) is 15.5. The van der Waals surface area contributed by atoms with Crippen LogP contribution in [0.3, 0.4) is 0 Å². The topological polar surface area (TPSA) is 209 Å². The van der Waals surface area contributed by atoms with Crippen LogP contribution >= 0.6 is 43.2 Å². The molecule has 1 unspecified atom stereocenters. The number of benzene rings is 1. The van der Waals surface area contributed by atoms with Crippen LogP contribution in [0.4, 0.5) is 0 Å². The minimum Gasteiger partial charge on any atom is -0.491 e. The highest BCUT2D eigenvalue weighted by Gasteiger charge is 2.19. The van der Waals surface area contributed by atoms with E-state index in [1.165, 1.54) is 6.42 Å². The van der Waals surface area contributed by atoms with Gasteiger partial charge in [0.05, 0.1) is 25.7 Å². The summed E-state index contributed by atoms with van der Waals surface area (Å²) in [7, 11) is 7.11. The molecule has 1 rings (SSSR count). The Morgan fingerprint density at radius 2 is 1.34 bits per heavy atom. The Kier molecular flexibility index (Phi) is 55.3. The van der Waals surface area contributed by atoms with Gasteiger partial charge in [-0.05, 0) is 81.5 Å². The molecule has 20 heteroatoms. The monoisotopic (exact) mass is 1200 g/mol. The fraction of sp³-hybridized carbons (Fsp3) is 0.800. The van der Waals surface area contributed by atoms with Gasteiger partial charge in [-0.25, -0.2) is 0 Å². The van der Waals surface area contributed by atoms with Crippen molar-refractivity contribution in [2.24, 2.45) is 40.6 Å². The van der Waals surface area contributed by atoms with Crippen LogP contribution in [0.25, 0.3) is 10.4 Å². The van der Waals surface area contributed by atoms with Crippen molar-refractivity contribution < 1.29 is 47.6 Å². The molecule has 0 fully saturated rings. The number of rotatable bonds is 42. The van der Waals surface area contributed by atoms with E-state index in [1.807, 2.05) is 63.1 Å². The molecule has 1 atom stereocenters. The normalized spacial score (nSPS) is 11.6. The zero-order valence-electron chi connectivity index (χ0n) is 52.7. The van der Waals surface area contributed by atoms with E-state index in [4.69, 9.17) is 34.0 Å². The van der Waals surface area contributed by atoms with Crippen molar-refractivity contribution in [2.75, 3.05) is 83.5 Å². The Bertz CT molecular complexity index is 1820. The number of carbonyl (C=O) groups is 4. The van der Waals surface area contributed by atoms with Crippen molar-refractivity contribution in [2.45, 2.75) is 193 Å². The number of esters is 1. The Balaban J connectivity index is -0.00000106. The van der Waals surface area contributed by atoms with E-state index in [9.17, 15) is 19.2 Å². The molecule has 16 nitrogen and oxygen atoms in total. The van der Waals surface area contributed by atoms with E-state index in [-0.39, 0.29) is 66.6 Å². The van der Waals surface area contributed by atoms with Gasteiger partial charge >= 0.3 is 5.97 Å². The standard InChI is InChI=1S/C22H34N4O5.C14H29NO3S2.C14H29NO2S2.C10H18/c1-16(2)7-6-10-24-22(28)18-8-5-9-19(13-18)31-15-21(25-26-23)30-12-11-29-14-20(27)17(3)4;1-11(2)13(16)18-8-7-17-10-19-20-14(5,6)9-15-12(3)4;1-12(2)14(16)7-5-6-9-17-11-19-18-10-8-15-13(3)4;1-9(2)7-5-6-8-10(3)4/h5,8-9,13,16-17,21H,6-7,10-12,14-15H2,1-4H3,(H,24,28);11-12,15H,7-10H2,1-6H3;12-13,15H,5-11H2,1-4H3;9-10H,5,7H2,1-4H3. The van der Waals surface area contributed by atoms with Crippen LogP contribution in [0.2, 0.25) is 0 Å². The van der Waals surface area contributed by atoms with Crippen LogP contribution in [0.1, 0.15) is 180 Å². The molecule has 0 aliphatic carbocycles. The van der Waals surface area contributed by atoms with Crippen LogP contribution in [0, 0.1) is 47.3 Å². The second-order valence-electron chi connectivity index (χ2n) is 22.2. The molecule has 0 aromatic heterocycles. The maximum atomic E-state index is 12.3. The largest absolute Gasteiger partial charge is 0.491 e. The number of hydrogen-bond acceptors (Lipinski definition) is 17.